The number of nitrogens with zero attached hydrogens (tertiary/aromatic N) is 4. The molecule has 1 saturated heterocycles. The normalized spacial score (nSPS) is 30.7. The van der Waals surface area contributed by atoms with E-state index in [1.165, 1.54) is 19.0 Å². The molecule has 0 spiro atoms. The first kappa shape index (κ1) is 21.7. The van der Waals surface area contributed by atoms with Crippen LogP contribution in [-0.2, 0) is 10.9 Å². The van der Waals surface area contributed by atoms with Gasteiger partial charge in [0.15, 0.2) is 0 Å². The van der Waals surface area contributed by atoms with Gasteiger partial charge in [-0.2, -0.15) is 18.3 Å². The molecule has 3 aliphatic rings. The van der Waals surface area contributed by atoms with Crippen LogP contribution in [-0.4, -0.2) is 51.5 Å². The maximum absolute atomic E-state index is 13.3. The largest absolute Gasteiger partial charge is 0.419 e. The van der Waals surface area contributed by atoms with Crippen LogP contribution in [0.1, 0.15) is 56.8 Å². The van der Waals surface area contributed by atoms with Gasteiger partial charge in [0.05, 0.1) is 24.5 Å². The van der Waals surface area contributed by atoms with Crippen LogP contribution in [0.15, 0.2) is 18.3 Å². The predicted molar refractivity (Wildman–Crippen MR) is 115 cm³/mol. The molecule has 0 aromatic carbocycles. The highest BCUT2D eigenvalue weighted by atomic mass is 19.4. The number of rotatable bonds is 4. The van der Waals surface area contributed by atoms with Gasteiger partial charge in [-0.1, -0.05) is 0 Å². The van der Waals surface area contributed by atoms with Gasteiger partial charge in [-0.25, -0.2) is 4.98 Å². The number of fused-ring (bicyclic) bond motifs is 1. The molecule has 0 amide bonds. The lowest BCUT2D eigenvalue weighted by Gasteiger charge is -2.38. The molecule has 0 bridgehead atoms. The molecule has 2 aromatic heterocycles. The Kier molecular flexibility index (Phi) is 5.24. The highest BCUT2D eigenvalue weighted by Gasteiger charge is 2.59. The van der Waals surface area contributed by atoms with E-state index in [0.717, 1.165) is 31.5 Å². The summed E-state index contributed by atoms with van der Waals surface area (Å²) in [6.07, 6.45) is -0.833. The van der Waals surface area contributed by atoms with Gasteiger partial charge in [-0.05, 0) is 57.6 Å². The SMILES string of the molecule is CC1COCCN1C1C[C@@H]2C(c3cc(-c4cnc(N)c(C(F)(F)F)c4)nn3C(C)C)[C@@H]2C1. The minimum absolute atomic E-state index is 0.124. The standard InChI is InChI=1S/C23H30F3N5O/c1-12(2)31-20(9-19(29-31)14-6-18(23(24,25)26)22(27)28-10-14)21-16-7-15(8-17(16)21)30-4-5-32-11-13(30)3/h6,9-10,12-13,15-17,21H,4-5,7-8,11H2,1-3H3,(H2,27,28)/t13?,15?,16-,17+,21?. The van der Waals surface area contributed by atoms with Gasteiger partial charge in [-0.15, -0.1) is 0 Å². The molecule has 32 heavy (non-hydrogen) atoms. The maximum atomic E-state index is 13.3. The summed E-state index contributed by atoms with van der Waals surface area (Å²) in [6, 6.07) is 4.20. The number of anilines is 1. The summed E-state index contributed by atoms with van der Waals surface area (Å²) in [5.74, 6) is 1.15. The van der Waals surface area contributed by atoms with Gasteiger partial charge >= 0.3 is 6.18 Å². The molecule has 2 N–H and O–H groups in total. The smallest absolute Gasteiger partial charge is 0.383 e. The van der Waals surface area contributed by atoms with Crippen molar-refractivity contribution < 1.29 is 17.9 Å². The zero-order valence-electron chi connectivity index (χ0n) is 18.6. The van der Waals surface area contributed by atoms with Crippen molar-refractivity contribution in [3.8, 4) is 11.3 Å². The third-order valence-corrected chi connectivity index (χ3v) is 7.42. The second-order valence-corrected chi connectivity index (χ2v) is 9.79. The van der Waals surface area contributed by atoms with Crippen LogP contribution in [0.25, 0.3) is 11.3 Å². The number of halogens is 3. The maximum Gasteiger partial charge on any atom is 0.419 e. The fourth-order valence-electron chi connectivity index (χ4n) is 5.86. The first-order chi connectivity index (χ1) is 15.1. The summed E-state index contributed by atoms with van der Waals surface area (Å²) in [4.78, 5) is 6.38. The molecule has 6 nitrogen and oxygen atoms in total. The predicted octanol–water partition coefficient (Wildman–Crippen LogP) is 4.34. The van der Waals surface area contributed by atoms with Gasteiger partial charge in [0, 0.05) is 48.0 Å². The van der Waals surface area contributed by atoms with Gasteiger partial charge < -0.3 is 10.5 Å². The fourth-order valence-corrected chi connectivity index (χ4v) is 5.86. The van der Waals surface area contributed by atoms with Crippen molar-refractivity contribution in [2.24, 2.45) is 11.8 Å². The van der Waals surface area contributed by atoms with E-state index in [2.05, 4.69) is 35.8 Å². The van der Waals surface area contributed by atoms with E-state index in [0.29, 0.717) is 41.1 Å². The molecule has 1 aliphatic heterocycles. The van der Waals surface area contributed by atoms with Crippen molar-refractivity contribution in [1.29, 1.82) is 0 Å². The molecule has 3 fully saturated rings. The Labute approximate surface area is 185 Å². The number of pyridine rings is 1. The Morgan fingerprint density at radius 3 is 2.53 bits per heavy atom. The van der Waals surface area contributed by atoms with Crippen LogP contribution in [0.4, 0.5) is 19.0 Å². The molecular weight excluding hydrogens is 419 g/mol. The zero-order valence-corrected chi connectivity index (χ0v) is 18.6. The molecule has 174 valence electrons. The minimum atomic E-state index is -4.55. The fraction of sp³-hybridized carbons (Fsp3) is 0.652. The number of hydrogen-bond donors (Lipinski definition) is 1. The van der Waals surface area contributed by atoms with Crippen LogP contribution in [0.3, 0.4) is 0 Å². The number of nitrogens with two attached hydrogens (primary N) is 1. The highest BCUT2D eigenvalue weighted by molar-refractivity contribution is 5.63. The Morgan fingerprint density at radius 2 is 1.91 bits per heavy atom. The molecule has 3 unspecified atom stereocenters. The monoisotopic (exact) mass is 449 g/mol. The molecule has 5 rings (SSSR count). The molecule has 2 saturated carbocycles. The first-order valence-electron chi connectivity index (χ1n) is 11.4. The summed E-state index contributed by atoms with van der Waals surface area (Å²) in [6.45, 7) is 8.94. The molecule has 2 aromatic rings. The van der Waals surface area contributed by atoms with Gasteiger partial charge in [0.1, 0.15) is 5.82 Å². The van der Waals surface area contributed by atoms with Crippen LogP contribution >= 0.6 is 0 Å². The molecule has 0 radical (unpaired) electrons. The topological polar surface area (TPSA) is 69.2 Å². The third-order valence-electron chi connectivity index (χ3n) is 7.42. The summed E-state index contributed by atoms with van der Waals surface area (Å²) in [7, 11) is 0. The van der Waals surface area contributed by atoms with Crippen molar-refractivity contribution >= 4 is 5.82 Å². The van der Waals surface area contributed by atoms with Gasteiger partial charge in [-0.3, -0.25) is 9.58 Å². The van der Waals surface area contributed by atoms with E-state index >= 15 is 0 Å². The lowest BCUT2D eigenvalue weighted by molar-refractivity contribution is -0.137. The Hall–Kier alpha value is -2.13. The third kappa shape index (κ3) is 3.69. The summed E-state index contributed by atoms with van der Waals surface area (Å²) in [5.41, 5.74) is 6.55. The Morgan fingerprint density at radius 1 is 1.19 bits per heavy atom. The molecular formula is C23H30F3N5O. The van der Waals surface area contributed by atoms with Crippen LogP contribution in [0.5, 0.6) is 0 Å². The van der Waals surface area contributed by atoms with Crippen molar-refractivity contribution in [2.45, 2.75) is 63.8 Å². The number of ether oxygens (including phenoxy) is 1. The van der Waals surface area contributed by atoms with E-state index < -0.39 is 17.6 Å². The number of aromatic nitrogens is 3. The summed E-state index contributed by atoms with van der Waals surface area (Å²) >= 11 is 0. The van der Waals surface area contributed by atoms with E-state index in [1.807, 2.05) is 10.7 Å². The average Bonchev–Trinajstić information content (AvgIpc) is 3.07. The average molecular weight is 450 g/mol. The lowest BCUT2D eigenvalue weighted by Crippen LogP contribution is -2.49. The number of nitrogen functional groups attached to an aromatic ring is 1. The molecule has 2 aliphatic carbocycles. The van der Waals surface area contributed by atoms with E-state index in [-0.39, 0.29) is 6.04 Å². The van der Waals surface area contributed by atoms with Crippen LogP contribution in [0.2, 0.25) is 0 Å². The van der Waals surface area contributed by atoms with Gasteiger partial charge in [0.25, 0.3) is 0 Å². The summed E-state index contributed by atoms with van der Waals surface area (Å²) < 4.78 is 47.5. The number of alkyl halides is 3. The molecule has 5 atom stereocenters. The van der Waals surface area contributed by atoms with E-state index in [4.69, 9.17) is 10.5 Å². The van der Waals surface area contributed by atoms with Gasteiger partial charge in [0.2, 0.25) is 0 Å². The second kappa shape index (κ2) is 7.73. The molecule has 9 heteroatoms. The highest BCUT2D eigenvalue weighted by Crippen LogP contribution is 2.64. The van der Waals surface area contributed by atoms with E-state index in [1.54, 1.807) is 0 Å². The number of morpholine rings is 1. The minimum Gasteiger partial charge on any atom is -0.383 e. The lowest BCUT2D eigenvalue weighted by atomic mass is 10.0. The van der Waals surface area contributed by atoms with E-state index in [9.17, 15) is 13.2 Å². The number of hydrogen-bond acceptors (Lipinski definition) is 5. The second-order valence-electron chi connectivity index (χ2n) is 9.79. The first-order valence-corrected chi connectivity index (χ1v) is 11.4. The van der Waals surface area contributed by atoms with Crippen LogP contribution in [0, 0.1) is 11.8 Å². The van der Waals surface area contributed by atoms with Crippen molar-refractivity contribution in [3.63, 3.8) is 0 Å². The Bertz CT molecular complexity index is 992. The summed E-state index contributed by atoms with van der Waals surface area (Å²) in [5, 5.41) is 4.68. The Balaban J connectivity index is 1.38. The van der Waals surface area contributed by atoms with Crippen LogP contribution < -0.4 is 5.73 Å². The zero-order chi connectivity index (χ0) is 22.8. The van der Waals surface area contributed by atoms with Crippen molar-refractivity contribution in [2.75, 3.05) is 25.5 Å². The quantitative estimate of drug-likeness (QED) is 0.752. The molecule has 3 heterocycles. The van der Waals surface area contributed by atoms with Crippen molar-refractivity contribution in [3.05, 3.63) is 29.6 Å². The van der Waals surface area contributed by atoms with Crippen molar-refractivity contribution in [1.82, 2.24) is 19.7 Å².